The number of benzene rings is 2. The summed E-state index contributed by atoms with van der Waals surface area (Å²) in [5, 5.41) is 5.28. The Morgan fingerprint density at radius 3 is 2.28 bits per heavy atom. The van der Waals surface area contributed by atoms with E-state index in [0.717, 1.165) is 5.56 Å². The molecule has 0 aromatic heterocycles. The van der Waals surface area contributed by atoms with Crippen molar-refractivity contribution in [2.45, 2.75) is 26.8 Å². The van der Waals surface area contributed by atoms with Gasteiger partial charge in [-0.2, -0.15) is 0 Å². The van der Waals surface area contributed by atoms with Crippen molar-refractivity contribution in [1.82, 2.24) is 10.6 Å². The standard InChI is InChI=1S/C20H21FN2O2/c1-13(2)22-20(25)18(12-16-6-4-5-7-17(16)21)23-19(24)15-10-8-14(3)9-11-15/h4-13H,1-3H3,(H,22,25)(H,23,24)/b18-12-. The molecule has 0 fully saturated rings. The number of halogens is 1. The zero-order valence-electron chi connectivity index (χ0n) is 14.5. The van der Waals surface area contributed by atoms with Crippen molar-refractivity contribution in [3.63, 3.8) is 0 Å². The number of aryl methyl sites for hydroxylation is 1. The summed E-state index contributed by atoms with van der Waals surface area (Å²) in [6, 6.07) is 12.9. The average molecular weight is 340 g/mol. The van der Waals surface area contributed by atoms with Crippen molar-refractivity contribution in [2.75, 3.05) is 0 Å². The van der Waals surface area contributed by atoms with E-state index in [-0.39, 0.29) is 17.3 Å². The van der Waals surface area contributed by atoms with E-state index in [0.29, 0.717) is 5.56 Å². The van der Waals surface area contributed by atoms with Gasteiger partial charge in [-0.25, -0.2) is 4.39 Å². The maximum atomic E-state index is 13.9. The molecule has 130 valence electrons. The van der Waals surface area contributed by atoms with Crippen LogP contribution in [0.4, 0.5) is 4.39 Å². The first-order valence-corrected chi connectivity index (χ1v) is 8.02. The second-order valence-electron chi connectivity index (χ2n) is 6.03. The number of carbonyl (C=O) groups excluding carboxylic acids is 2. The summed E-state index contributed by atoms with van der Waals surface area (Å²) in [4.78, 5) is 24.8. The van der Waals surface area contributed by atoms with Crippen LogP contribution in [0.2, 0.25) is 0 Å². The maximum Gasteiger partial charge on any atom is 0.268 e. The van der Waals surface area contributed by atoms with Crippen LogP contribution < -0.4 is 10.6 Å². The summed E-state index contributed by atoms with van der Waals surface area (Å²) >= 11 is 0. The number of hydrogen-bond acceptors (Lipinski definition) is 2. The molecule has 0 saturated carbocycles. The van der Waals surface area contributed by atoms with Crippen LogP contribution in [0.5, 0.6) is 0 Å². The van der Waals surface area contributed by atoms with E-state index < -0.39 is 17.6 Å². The first kappa shape index (κ1) is 18.4. The zero-order chi connectivity index (χ0) is 18.4. The van der Waals surface area contributed by atoms with E-state index in [4.69, 9.17) is 0 Å². The minimum atomic E-state index is -0.473. The first-order chi connectivity index (χ1) is 11.9. The molecule has 2 N–H and O–H groups in total. The van der Waals surface area contributed by atoms with Gasteiger partial charge in [-0.3, -0.25) is 9.59 Å². The van der Waals surface area contributed by atoms with Crippen LogP contribution in [0.25, 0.3) is 6.08 Å². The Labute approximate surface area is 146 Å². The SMILES string of the molecule is Cc1ccc(C(=O)N/C(=C\c2ccccc2F)C(=O)NC(C)C)cc1. The van der Waals surface area contributed by atoms with Crippen LogP contribution in [0.15, 0.2) is 54.2 Å². The van der Waals surface area contributed by atoms with Gasteiger partial charge in [0.25, 0.3) is 11.8 Å². The highest BCUT2D eigenvalue weighted by Crippen LogP contribution is 2.12. The van der Waals surface area contributed by atoms with Crippen molar-refractivity contribution in [3.8, 4) is 0 Å². The van der Waals surface area contributed by atoms with Gasteiger partial charge in [0.05, 0.1) is 0 Å². The van der Waals surface area contributed by atoms with Gasteiger partial charge in [-0.05, 0) is 45.0 Å². The fraction of sp³-hybridized carbons (Fsp3) is 0.200. The Morgan fingerprint density at radius 2 is 1.68 bits per heavy atom. The van der Waals surface area contributed by atoms with Crippen LogP contribution in [-0.2, 0) is 4.79 Å². The molecule has 0 atom stereocenters. The van der Waals surface area contributed by atoms with Crippen LogP contribution in [0.3, 0.4) is 0 Å². The Kier molecular flexibility index (Phi) is 6.06. The van der Waals surface area contributed by atoms with E-state index >= 15 is 0 Å². The minimum absolute atomic E-state index is 0.00984. The molecule has 2 amide bonds. The molecule has 25 heavy (non-hydrogen) atoms. The normalized spacial score (nSPS) is 11.3. The number of nitrogens with one attached hydrogen (secondary N) is 2. The van der Waals surface area contributed by atoms with Crippen LogP contribution in [0, 0.1) is 12.7 Å². The zero-order valence-corrected chi connectivity index (χ0v) is 14.5. The number of amides is 2. The molecule has 0 aliphatic heterocycles. The van der Waals surface area contributed by atoms with Crippen molar-refractivity contribution in [3.05, 3.63) is 76.7 Å². The van der Waals surface area contributed by atoms with Crippen molar-refractivity contribution < 1.29 is 14.0 Å². The van der Waals surface area contributed by atoms with Crippen molar-refractivity contribution in [2.24, 2.45) is 0 Å². The van der Waals surface area contributed by atoms with Gasteiger partial charge >= 0.3 is 0 Å². The molecule has 4 nitrogen and oxygen atoms in total. The molecule has 0 spiro atoms. The molecule has 0 heterocycles. The number of hydrogen-bond donors (Lipinski definition) is 2. The van der Waals surface area contributed by atoms with Gasteiger partial charge in [0.15, 0.2) is 0 Å². The summed E-state index contributed by atoms with van der Waals surface area (Å²) < 4.78 is 13.9. The summed E-state index contributed by atoms with van der Waals surface area (Å²) in [6.07, 6.45) is 1.33. The Morgan fingerprint density at radius 1 is 1.04 bits per heavy atom. The molecule has 0 aliphatic carbocycles. The lowest BCUT2D eigenvalue weighted by atomic mass is 10.1. The van der Waals surface area contributed by atoms with E-state index in [2.05, 4.69) is 10.6 Å². The molecule has 0 saturated heterocycles. The second-order valence-corrected chi connectivity index (χ2v) is 6.03. The fourth-order valence-electron chi connectivity index (χ4n) is 2.15. The van der Waals surface area contributed by atoms with Crippen LogP contribution in [-0.4, -0.2) is 17.9 Å². The van der Waals surface area contributed by atoms with Crippen molar-refractivity contribution in [1.29, 1.82) is 0 Å². The molecular formula is C20H21FN2O2. The number of carbonyl (C=O) groups is 2. The molecule has 0 bridgehead atoms. The van der Waals surface area contributed by atoms with E-state index in [9.17, 15) is 14.0 Å². The molecule has 0 radical (unpaired) electrons. The third-order valence-corrected chi connectivity index (χ3v) is 3.43. The van der Waals surface area contributed by atoms with Gasteiger partial charge < -0.3 is 10.6 Å². The molecule has 2 aromatic carbocycles. The second kappa shape index (κ2) is 8.24. The molecular weight excluding hydrogens is 319 g/mol. The maximum absolute atomic E-state index is 13.9. The van der Waals surface area contributed by atoms with Gasteiger partial charge in [0, 0.05) is 17.2 Å². The lowest BCUT2D eigenvalue weighted by molar-refractivity contribution is -0.118. The predicted molar refractivity (Wildman–Crippen MR) is 96.3 cm³/mol. The van der Waals surface area contributed by atoms with Crippen molar-refractivity contribution >= 4 is 17.9 Å². The minimum Gasteiger partial charge on any atom is -0.349 e. The molecule has 0 unspecified atom stereocenters. The number of rotatable bonds is 5. The molecule has 0 aliphatic rings. The Hall–Kier alpha value is -2.95. The summed E-state index contributed by atoms with van der Waals surface area (Å²) in [5.41, 5.74) is 1.66. The topological polar surface area (TPSA) is 58.2 Å². The highest BCUT2D eigenvalue weighted by Gasteiger charge is 2.16. The first-order valence-electron chi connectivity index (χ1n) is 8.02. The molecule has 5 heteroatoms. The van der Waals surface area contributed by atoms with E-state index in [1.54, 1.807) is 38.1 Å². The molecule has 2 aromatic rings. The van der Waals surface area contributed by atoms with Crippen LogP contribution in [0.1, 0.15) is 35.3 Å². The largest absolute Gasteiger partial charge is 0.349 e. The van der Waals surface area contributed by atoms with Gasteiger partial charge in [-0.15, -0.1) is 0 Å². The highest BCUT2D eigenvalue weighted by molar-refractivity contribution is 6.05. The third-order valence-electron chi connectivity index (χ3n) is 3.43. The average Bonchev–Trinajstić information content (AvgIpc) is 2.56. The Bertz CT molecular complexity index is 796. The van der Waals surface area contributed by atoms with Gasteiger partial charge in [0.1, 0.15) is 11.5 Å². The van der Waals surface area contributed by atoms with E-state index in [1.165, 1.54) is 18.2 Å². The Balaban J connectivity index is 2.31. The lowest BCUT2D eigenvalue weighted by Crippen LogP contribution is -2.38. The van der Waals surface area contributed by atoms with Gasteiger partial charge in [-0.1, -0.05) is 35.9 Å². The highest BCUT2D eigenvalue weighted by atomic mass is 19.1. The van der Waals surface area contributed by atoms with Gasteiger partial charge in [0.2, 0.25) is 0 Å². The third kappa shape index (κ3) is 5.28. The smallest absolute Gasteiger partial charge is 0.268 e. The van der Waals surface area contributed by atoms with E-state index in [1.807, 2.05) is 19.1 Å². The predicted octanol–water partition coefficient (Wildman–Crippen LogP) is 3.43. The lowest BCUT2D eigenvalue weighted by Gasteiger charge is -2.13. The van der Waals surface area contributed by atoms with Crippen LogP contribution >= 0.6 is 0 Å². The quantitative estimate of drug-likeness (QED) is 0.819. The fourth-order valence-corrected chi connectivity index (χ4v) is 2.15. The summed E-state index contributed by atoms with van der Waals surface area (Å²) in [6.45, 7) is 5.53. The monoisotopic (exact) mass is 340 g/mol. The summed E-state index contributed by atoms with van der Waals surface area (Å²) in [5.74, 6) is -1.37. The molecule has 2 rings (SSSR count). The summed E-state index contributed by atoms with van der Waals surface area (Å²) in [7, 11) is 0.